The maximum Gasteiger partial charge on any atom is 0.253 e. The van der Waals surface area contributed by atoms with Crippen LogP contribution in [0.5, 0.6) is 0 Å². The van der Waals surface area contributed by atoms with Gasteiger partial charge in [-0.25, -0.2) is 0 Å². The number of aryl methyl sites for hydroxylation is 1. The third kappa shape index (κ3) is 4.75. The number of rotatable bonds is 7. The van der Waals surface area contributed by atoms with Crippen molar-refractivity contribution >= 4 is 29.3 Å². The summed E-state index contributed by atoms with van der Waals surface area (Å²) in [6.45, 7) is 4.74. The lowest BCUT2D eigenvalue weighted by molar-refractivity contribution is 0.0795. The van der Waals surface area contributed by atoms with E-state index in [0.717, 1.165) is 41.0 Å². The lowest BCUT2D eigenvalue weighted by Crippen LogP contribution is -2.27. The van der Waals surface area contributed by atoms with E-state index in [-0.39, 0.29) is 5.91 Å². The Balaban J connectivity index is 1.71. The fourth-order valence-electron chi connectivity index (χ4n) is 2.90. The van der Waals surface area contributed by atoms with Gasteiger partial charge in [0, 0.05) is 29.9 Å². The van der Waals surface area contributed by atoms with Gasteiger partial charge in [-0.1, -0.05) is 48.5 Å². The van der Waals surface area contributed by atoms with Gasteiger partial charge in [-0.15, -0.1) is 10.2 Å². The van der Waals surface area contributed by atoms with Crippen LogP contribution in [-0.2, 0) is 5.75 Å². The van der Waals surface area contributed by atoms with Crippen molar-refractivity contribution in [3.05, 3.63) is 70.5 Å². The highest BCUT2D eigenvalue weighted by molar-refractivity contribution is 7.98. The number of halogens is 1. The molecular weight excluding hydrogens is 392 g/mol. The average molecular weight is 415 g/mol. The van der Waals surface area contributed by atoms with Crippen LogP contribution in [0.1, 0.15) is 35.1 Å². The molecule has 3 aromatic rings. The number of aromatic nitrogens is 3. The number of nitrogens with zero attached hydrogens (tertiary/aromatic N) is 4. The molecule has 1 amide bonds. The van der Waals surface area contributed by atoms with Crippen LogP contribution in [0.15, 0.2) is 53.7 Å². The summed E-state index contributed by atoms with van der Waals surface area (Å²) in [5.74, 6) is 1.60. The van der Waals surface area contributed by atoms with Crippen molar-refractivity contribution in [1.82, 2.24) is 19.7 Å². The number of hydrogen-bond donors (Lipinski definition) is 0. The monoisotopic (exact) mass is 414 g/mol. The van der Waals surface area contributed by atoms with Gasteiger partial charge >= 0.3 is 0 Å². The first-order valence-electron chi connectivity index (χ1n) is 9.14. The quantitative estimate of drug-likeness (QED) is 0.510. The van der Waals surface area contributed by atoms with Gasteiger partial charge in [0.25, 0.3) is 5.91 Å². The van der Waals surface area contributed by atoms with E-state index in [2.05, 4.69) is 17.1 Å². The summed E-state index contributed by atoms with van der Waals surface area (Å²) in [6, 6.07) is 15.4. The van der Waals surface area contributed by atoms with E-state index in [1.807, 2.05) is 67.1 Å². The van der Waals surface area contributed by atoms with Gasteiger partial charge in [-0.3, -0.25) is 9.36 Å². The average Bonchev–Trinajstić information content (AvgIpc) is 3.07. The zero-order valence-corrected chi connectivity index (χ0v) is 17.8. The second-order valence-corrected chi connectivity index (χ2v) is 7.94. The van der Waals surface area contributed by atoms with Crippen LogP contribution < -0.4 is 0 Å². The van der Waals surface area contributed by atoms with Gasteiger partial charge in [0.05, 0.1) is 5.69 Å². The van der Waals surface area contributed by atoms with Gasteiger partial charge in [-0.2, -0.15) is 0 Å². The highest BCUT2D eigenvalue weighted by Crippen LogP contribution is 2.26. The summed E-state index contributed by atoms with van der Waals surface area (Å²) in [5.41, 5.74) is 2.78. The van der Waals surface area contributed by atoms with Crippen LogP contribution in [0.2, 0.25) is 5.02 Å². The van der Waals surface area contributed by atoms with Crippen LogP contribution >= 0.6 is 23.4 Å². The normalized spacial score (nSPS) is 10.9. The molecule has 1 aromatic heterocycles. The molecular formula is C21H23ClN4OS. The van der Waals surface area contributed by atoms with Crippen LogP contribution in [-0.4, -0.2) is 39.2 Å². The van der Waals surface area contributed by atoms with E-state index in [1.54, 1.807) is 16.7 Å². The Labute approximate surface area is 174 Å². The smallest absolute Gasteiger partial charge is 0.253 e. The molecule has 0 aliphatic carbocycles. The Morgan fingerprint density at radius 3 is 2.61 bits per heavy atom. The summed E-state index contributed by atoms with van der Waals surface area (Å²) in [6.07, 6.45) is 0.948. The second-order valence-electron chi connectivity index (χ2n) is 6.56. The van der Waals surface area contributed by atoms with Crippen molar-refractivity contribution in [2.45, 2.75) is 31.2 Å². The van der Waals surface area contributed by atoms with Crippen molar-refractivity contribution in [3.63, 3.8) is 0 Å². The number of thioether (sulfide) groups is 1. The van der Waals surface area contributed by atoms with E-state index in [0.29, 0.717) is 10.6 Å². The van der Waals surface area contributed by atoms with Gasteiger partial charge in [0.2, 0.25) is 0 Å². The summed E-state index contributed by atoms with van der Waals surface area (Å²) in [5, 5.41) is 9.99. The maximum atomic E-state index is 12.3. The number of benzene rings is 2. The minimum absolute atomic E-state index is 0.0531. The Bertz CT molecular complexity index is 955. The molecule has 0 saturated heterocycles. The van der Waals surface area contributed by atoms with E-state index in [4.69, 9.17) is 11.6 Å². The highest BCUT2D eigenvalue weighted by atomic mass is 35.5. The zero-order valence-electron chi connectivity index (χ0n) is 16.2. The van der Waals surface area contributed by atoms with Gasteiger partial charge in [0.15, 0.2) is 5.16 Å². The zero-order chi connectivity index (χ0) is 20.1. The molecule has 0 aliphatic rings. The number of carbonyl (C=O) groups excluding carboxylic acids is 1. The molecule has 7 heteroatoms. The first-order chi connectivity index (χ1) is 13.5. The Morgan fingerprint density at radius 1 is 1.18 bits per heavy atom. The number of hydrogen-bond acceptors (Lipinski definition) is 4. The minimum atomic E-state index is 0.0531. The topological polar surface area (TPSA) is 51.0 Å². The molecule has 5 nitrogen and oxygen atoms in total. The Morgan fingerprint density at radius 2 is 1.93 bits per heavy atom. The lowest BCUT2D eigenvalue weighted by atomic mass is 10.1. The molecule has 146 valence electrons. The lowest BCUT2D eigenvalue weighted by Gasteiger charge is -2.16. The largest absolute Gasteiger partial charge is 0.342 e. The van der Waals surface area contributed by atoms with E-state index in [1.165, 1.54) is 0 Å². The van der Waals surface area contributed by atoms with E-state index in [9.17, 15) is 4.79 Å². The van der Waals surface area contributed by atoms with Crippen LogP contribution in [0, 0.1) is 6.92 Å². The Kier molecular flexibility index (Phi) is 6.75. The molecule has 0 radical (unpaired) electrons. The summed E-state index contributed by atoms with van der Waals surface area (Å²) in [4.78, 5) is 14.1. The molecule has 3 rings (SSSR count). The predicted octanol–water partition coefficient (Wildman–Crippen LogP) is 5.00. The molecule has 0 atom stereocenters. The van der Waals surface area contributed by atoms with Crippen molar-refractivity contribution in [2.75, 3.05) is 13.6 Å². The van der Waals surface area contributed by atoms with E-state index < -0.39 is 0 Å². The fraction of sp³-hybridized carbons (Fsp3) is 0.286. The van der Waals surface area contributed by atoms with Gasteiger partial charge in [0.1, 0.15) is 5.82 Å². The van der Waals surface area contributed by atoms with E-state index >= 15 is 0 Å². The number of amides is 1. The van der Waals surface area contributed by atoms with Crippen molar-refractivity contribution in [2.24, 2.45) is 0 Å². The molecule has 0 spiro atoms. The fourth-order valence-corrected chi connectivity index (χ4v) is 4.04. The van der Waals surface area contributed by atoms with Crippen molar-refractivity contribution in [3.8, 4) is 5.69 Å². The predicted molar refractivity (Wildman–Crippen MR) is 114 cm³/mol. The second kappa shape index (κ2) is 9.26. The molecule has 0 N–H and O–H groups in total. The van der Waals surface area contributed by atoms with Crippen LogP contribution in [0.3, 0.4) is 0 Å². The minimum Gasteiger partial charge on any atom is -0.342 e. The van der Waals surface area contributed by atoms with Crippen LogP contribution in [0.25, 0.3) is 5.69 Å². The van der Waals surface area contributed by atoms with Crippen molar-refractivity contribution in [1.29, 1.82) is 0 Å². The molecule has 28 heavy (non-hydrogen) atoms. The molecule has 0 unspecified atom stereocenters. The Hall–Kier alpha value is -2.31. The third-order valence-corrected chi connectivity index (χ3v) is 5.57. The van der Waals surface area contributed by atoms with Crippen molar-refractivity contribution < 1.29 is 4.79 Å². The molecule has 2 aromatic carbocycles. The first kappa shape index (κ1) is 20.4. The molecule has 0 saturated carbocycles. The molecule has 0 bridgehead atoms. The third-order valence-electron chi connectivity index (χ3n) is 4.34. The standard InChI is InChI=1S/C21H23ClN4OS/c1-4-12-25(3)20(27)17-10-8-16(9-11-17)14-28-21-24-23-15(2)26(21)19-7-5-6-18(22)13-19/h5-11,13H,4,12,14H2,1-3H3. The maximum absolute atomic E-state index is 12.3. The molecule has 0 fully saturated rings. The van der Waals surface area contributed by atoms with Gasteiger partial charge < -0.3 is 4.90 Å². The van der Waals surface area contributed by atoms with Crippen LogP contribution in [0.4, 0.5) is 0 Å². The molecule has 1 heterocycles. The summed E-state index contributed by atoms with van der Waals surface area (Å²) in [7, 11) is 1.83. The summed E-state index contributed by atoms with van der Waals surface area (Å²) >= 11 is 7.73. The molecule has 0 aliphatic heterocycles. The summed E-state index contributed by atoms with van der Waals surface area (Å²) < 4.78 is 1.99. The highest BCUT2D eigenvalue weighted by Gasteiger charge is 2.13. The SMILES string of the molecule is CCCN(C)C(=O)c1ccc(CSc2nnc(C)n2-c2cccc(Cl)c2)cc1. The number of carbonyl (C=O) groups is 1. The van der Waals surface area contributed by atoms with Gasteiger partial charge in [-0.05, 0) is 49.2 Å². The first-order valence-corrected chi connectivity index (χ1v) is 10.5.